The molecule has 0 bridgehead atoms. The molecule has 1 heterocycles. The molecule has 1 aromatic heterocycles. The summed E-state index contributed by atoms with van der Waals surface area (Å²) in [5.41, 5.74) is 2.77. The second-order valence-electron chi connectivity index (χ2n) is 4.91. The van der Waals surface area contributed by atoms with Gasteiger partial charge in [-0.25, -0.2) is 0 Å². The predicted molar refractivity (Wildman–Crippen MR) is 76.3 cm³/mol. The van der Waals surface area contributed by atoms with Crippen LogP contribution in [0.5, 0.6) is 0 Å². The van der Waals surface area contributed by atoms with E-state index in [1.165, 1.54) is 42.2 Å². The van der Waals surface area contributed by atoms with Gasteiger partial charge in [0.2, 0.25) is 0 Å². The van der Waals surface area contributed by atoms with E-state index < -0.39 is 0 Å². The third-order valence-electron chi connectivity index (χ3n) is 3.74. The zero-order chi connectivity index (χ0) is 11.8. The van der Waals surface area contributed by atoms with Crippen molar-refractivity contribution in [3.63, 3.8) is 0 Å². The van der Waals surface area contributed by atoms with Crippen molar-refractivity contribution in [1.82, 2.24) is 4.57 Å². The minimum Gasteiger partial charge on any atom is -0.344 e. The molecule has 0 N–H and O–H groups in total. The summed E-state index contributed by atoms with van der Waals surface area (Å²) in [6.07, 6.45) is 7.06. The lowest BCUT2D eigenvalue weighted by molar-refractivity contribution is 0.409. The number of hydrogen-bond acceptors (Lipinski definition) is 0. The quantitative estimate of drug-likeness (QED) is 0.646. The van der Waals surface area contributed by atoms with Gasteiger partial charge in [-0.1, -0.05) is 28.1 Å². The van der Waals surface area contributed by atoms with Gasteiger partial charge < -0.3 is 4.57 Å². The number of nitrogens with zero attached hydrogens (tertiary/aromatic N) is 1. The van der Waals surface area contributed by atoms with Crippen molar-refractivity contribution >= 4 is 26.8 Å². The van der Waals surface area contributed by atoms with Gasteiger partial charge in [0.25, 0.3) is 0 Å². The Morgan fingerprint density at radius 1 is 1.18 bits per heavy atom. The van der Waals surface area contributed by atoms with Crippen molar-refractivity contribution in [3.8, 4) is 0 Å². The highest BCUT2D eigenvalue weighted by Gasteiger charge is 2.18. The zero-order valence-corrected chi connectivity index (χ0v) is 11.4. The second kappa shape index (κ2) is 4.34. The number of halogens is 1. The minimum absolute atomic E-state index is 0.652. The lowest BCUT2D eigenvalue weighted by Gasteiger charge is -2.25. The summed E-state index contributed by atoms with van der Waals surface area (Å²) in [6, 6.07) is 9.39. The molecule has 1 aliphatic carbocycles. The number of allylic oxidation sites excluding steroid dienone is 1. The first-order valence-electron chi connectivity index (χ1n) is 6.17. The van der Waals surface area contributed by atoms with Crippen LogP contribution in [0.4, 0.5) is 0 Å². The molecule has 0 saturated heterocycles. The van der Waals surface area contributed by atoms with E-state index in [-0.39, 0.29) is 0 Å². The molecule has 88 valence electrons. The highest BCUT2D eigenvalue weighted by atomic mass is 79.9. The minimum atomic E-state index is 0.652. The van der Waals surface area contributed by atoms with E-state index in [0.29, 0.717) is 6.04 Å². The van der Waals surface area contributed by atoms with E-state index >= 15 is 0 Å². The number of rotatable bonds is 1. The summed E-state index contributed by atoms with van der Waals surface area (Å²) < 4.78 is 3.59. The first-order valence-corrected chi connectivity index (χ1v) is 6.96. The lowest BCUT2D eigenvalue weighted by Crippen LogP contribution is -2.12. The number of hydrogen-bond donors (Lipinski definition) is 0. The number of fused-ring (bicyclic) bond motifs is 1. The Kier molecular flexibility index (Phi) is 2.83. The summed E-state index contributed by atoms with van der Waals surface area (Å²) in [7, 11) is 0. The first-order chi connectivity index (χ1) is 8.24. The maximum Gasteiger partial charge on any atom is 0.0483 e. The third kappa shape index (κ3) is 2.06. The molecule has 0 amide bonds. The van der Waals surface area contributed by atoms with Gasteiger partial charge in [-0.05, 0) is 49.9 Å². The molecule has 0 atom stereocenters. The second-order valence-corrected chi connectivity index (χ2v) is 5.82. The van der Waals surface area contributed by atoms with E-state index in [0.717, 1.165) is 4.47 Å². The summed E-state index contributed by atoms with van der Waals surface area (Å²) >= 11 is 3.52. The Morgan fingerprint density at radius 2 is 1.94 bits per heavy atom. The van der Waals surface area contributed by atoms with E-state index in [1.807, 2.05) is 0 Å². The van der Waals surface area contributed by atoms with Crippen molar-refractivity contribution < 1.29 is 0 Å². The highest BCUT2D eigenvalue weighted by Crippen LogP contribution is 2.34. The van der Waals surface area contributed by atoms with Gasteiger partial charge in [0.05, 0.1) is 0 Å². The Balaban J connectivity index is 1.97. The van der Waals surface area contributed by atoms with Gasteiger partial charge in [0, 0.05) is 27.6 Å². The van der Waals surface area contributed by atoms with Crippen LogP contribution in [0.3, 0.4) is 0 Å². The van der Waals surface area contributed by atoms with Crippen molar-refractivity contribution in [2.75, 3.05) is 0 Å². The van der Waals surface area contributed by atoms with Crippen LogP contribution in [0.2, 0.25) is 0 Å². The number of aromatic nitrogens is 1. The molecule has 2 heteroatoms. The molecule has 1 aromatic carbocycles. The Morgan fingerprint density at radius 3 is 2.71 bits per heavy atom. The van der Waals surface area contributed by atoms with Gasteiger partial charge >= 0.3 is 0 Å². The van der Waals surface area contributed by atoms with Crippen molar-refractivity contribution in [1.29, 1.82) is 0 Å². The van der Waals surface area contributed by atoms with E-state index in [4.69, 9.17) is 0 Å². The predicted octanol–water partition coefficient (Wildman–Crippen LogP) is 5.08. The van der Waals surface area contributed by atoms with Crippen molar-refractivity contribution in [2.24, 2.45) is 0 Å². The van der Waals surface area contributed by atoms with Gasteiger partial charge in [-0.3, -0.25) is 0 Å². The summed E-state index contributed by atoms with van der Waals surface area (Å²) in [4.78, 5) is 0. The smallest absolute Gasteiger partial charge is 0.0483 e. The van der Waals surface area contributed by atoms with Crippen LogP contribution in [0.15, 0.2) is 47.1 Å². The molecular formula is C15H16BrN. The maximum atomic E-state index is 4.09. The van der Waals surface area contributed by atoms with Gasteiger partial charge in [0.1, 0.15) is 0 Å². The average Bonchev–Trinajstić information content (AvgIpc) is 2.73. The lowest BCUT2D eigenvalue weighted by atomic mass is 9.92. The van der Waals surface area contributed by atoms with Crippen molar-refractivity contribution in [3.05, 3.63) is 47.1 Å². The molecular weight excluding hydrogens is 274 g/mol. The normalized spacial score (nSPS) is 17.8. The van der Waals surface area contributed by atoms with Crippen LogP contribution >= 0.6 is 15.9 Å². The molecule has 3 rings (SSSR count). The third-order valence-corrected chi connectivity index (χ3v) is 4.23. The molecule has 0 spiro atoms. The molecule has 0 unspecified atom stereocenters. The van der Waals surface area contributed by atoms with E-state index in [2.05, 4.69) is 57.5 Å². The van der Waals surface area contributed by atoms with Crippen LogP contribution in [-0.4, -0.2) is 4.57 Å². The van der Waals surface area contributed by atoms with Crippen LogP contribution in [0.1, 0.15) is 31.7 Å². The Bertz CT molecular complexity index is 557. The first kappa shape index (κ1) is 11.1. The van der Waals surface area contributed by atoms with Gasteiger partial charge in [-0.15, -0.1) is 0 Å². The molecule has 0 radical (unpaired) electrons. The SMILES string of the molecule is C=C1CCC(n2ccc3cc(Br)ccc32)CC1. The zero-order valence-electron chi connectivity index (χ0n) is 9.82. The number of benzene rings is 1. The van der Waals surface area contributed by atoms with Crippen LogP contribution < -0.4 is 0 Å². The molecule has 1 fully saturated rings. The molecule has 2 aromatic rings. The largest absolute Gasteiger partial charge is 0.344 e. The summed E-state index contributed by atoms with van der Waals surface area (Å²) in [6.45, 7) is 4.09. The van der Waals surface area contributed by atoms with E-state index in [1.54, 1.807) is 0 Å². The fourth-order valence-electron chi connectivity index (χ4n) is 2.74. The van der Waals surface area contributed by atoms with Crippen LogP contribution in [0, 0.1) is 0 Å². The molecule has 1 saturated carbocycles. The summed E-state index contributed by atoms with van der Waals surface area (Å²) in [5.74, 6) is 0. The topological polar surface area (TPSA) is 4.93 Å². The van der Waals surface area contributed by atoms with Gasteiger partial charge in [-0.2, -0.15) is 0 Å². The highest BCUT2D eigenvalue weighted by molar-refractivity contribution is 9.10. The van der Waals surface area contributed by atoms with Crippen LogP contribution in [0.25, 0.3) is 10.9 Å². The molecule has 1 aliphatic rings. The monoisotopic (exact) mass is 289 g/mol. The average molecular weight is 290 g/mol. The Labute approximate surface area is 110 Å². The Hall–Kier alpha value is -1.02. The van der Waals surface area contributed by atoms with Crippen molar-refractivity contribution in [2.45, 2.75) is 31.7 Å². The fraction of sp³-hybridized carbons (Fsp3) is 0.333. The maximum absolute atomic E-state index is 4.09. The van der Waals surface area contributed by atoms with E-state index in [9.17, 15) is 0 Å². The molecule has 1 nitrogen and oxygen atoms in total. The summed E-state index contributed by atoms with van der Waals surface area (Å²) in [5, 5.41) is 1.32. The molecule has 17 heavy (non-hydrogen) atoms. The van der Waals surface area contributed by atoms with Gasteiger partial charge in [0.15, 0.2) is 0 Å². The standard InChI is InChI=1S/C15H16BrN/c1-11-2-5-14(6-3-11)17-9-8-12-10-13(16)4-7-15(12)17/h4,7-10,14H,1-3,5-6H2. The van der Waals surface area contributed by atoms with Crippen LogP contribution in [-0.2, 0) is 0 Å². The molecule has 0 aliphatic heterocycles. The fourth-order valence-corrected chi connectivity index (χ4v) is 3.12.